The lowest BCUT2D eigenvalue weighted by molar-refractivity contribution is -0.659. The highest BCUT2D eigenvalue weighted by atomic mass is 28.3. The van der Waals surface area contributed by atoms with Crippen LogP contribution in [0.25, 0.3) is 33.2 Å². The van der Waals surface area contributed by atoms with E-state index in [1.807, 2.05) is 0 Å². The van der Waals surface area contributed by atoms with Crippen LogP contribution in [-0.4, -0.2) is 8.07 Å². The number of pyridine rings is 1. The van der Waals surface area contributed by atoms with Gasteiger partial charge in [0.1, 0.15) is 7.05 Å². The lowest BCUT2D eigenvalue weighted by atomic mass is 9.95. The van der Waals surface area contributed by atoms with Crippen LogP contribution in [0.2, 0.25) is 18.1 Å². The van der Waals surface area contributed by atoms with Gasteiger partial charge in [-0.15, -0.1) is 0 Å². The molecule has 0 aliphatic heterocycles. The van der Waals surface area contributed by atoms with Crippen LogP contribution < -0.4 is 9.75 Å². The average Bonchev–Trinajstić information content (AvgIpc) is 2.74. The van der Waals surface area contributed by atoms with Gasteiger partial charge >= 0.3 is 0 Å². The van der Waals surface area contributed by atoms with Crippen LogP contribution in [0, 0.1) is 6.92 Å². The average molecular weight is 425 g/mol. The Labute approximate surface area is 188 Å². The van der Waals surface area contributed by atoms with Crippen molar-refractivity contribution >= 4 is 24.0 Å². The summed E-state index contributed by atoms with van der Waals surface area (Å²) in [4.78, 5) is 0. The zero-order chi connectivity index (χ0) is 22.4. The highest BCUT2D eigenvalue weighted by Crippen LogP contribution is 2.37. The van der Waals surface area contributed by atoms with Gasteiger partial charge in [-0.25, -0.2) is 4.57 Å². The van der Waals surface area contributed by atoms with Gasteiger partial charge in [0.2, 0.25) is 5.69 Å². The molecule has 1 heterocycles. The molecule has 0 atom stereocenters. The summed E-state index contributed by atoms with van der Waals surface area (Å²) in [5, 5.41) is 4.51. The lowest BCUT2D eigenvalue weighted by Crippen LogP contribution is -2.49. The van der Waals surface area contributed by atoms with Gasteiger partial charge in [0.25, 0.3) is 0 Å². The van der Waals surface area contributed by atoms with Gasteiger partial charge in [-0.3, -0.25) is 0 Å². The summed E-state index contributed by atoms with van der Waals surface area (Å²) in [6, 6.07) is 26.9. The summed E-state index contributed by atoms with van der Waals surface area (Å²) < 4.78 is 2.27. The van der Waals surface area contributed by atoms with Crippen LogP contribution >= 0.6 is 0 Å². The van der Waals surface area contributed by atoms with Gasteiger partial charge in [0, 0.05) is 6.07 Å². The normalized spacial score (nSPS) is 12.4. The molecule has 4 aromatic rings. The first-order valence-electron chi connectivity index (χ1n) is 11.2. The number of benzene rings is 3. The molecule has 0 bridgehead atoms. The Morgan fingerprint density at radius 3 is 2.16 bits per heavy atom. The maximum absolute atomic E-state index is 2.49. The zero-order valence-corrected chi connectivity index (χ0v) is 21.0. The standard InChI is InChI=1S/C29H34NSi/c1-21-13-14-23(22-11-9-8-10-12-22)20-27(21)28-26-16-15-25(31(6,7)29(2,3)4)19-24(26)17-18-30(28)5/h8-20H,1-7H3/q+1. The van der Waals surface area contributed by atoms with Gasteiger partial charge in [0.15, 0.2) is 6.20 Å². The zero-order valence-electron chi connectivity index (χ0n) is 20.0. The first-order valence-corrected chi connectivity index (χ1v) is 14.2. The molecule has 2 heteroatoms. The summed E-state index contributed by atoms with van der Waals surface area (Å²) in [7, 11) is 0.579. The van der Waals surface area contributed by atoms with Crippen molar-refractivity contribution in [3.63, 3.8) is 0 Å². The quantitative estimate of drug-likeness (QED) is 0.246. The topological polar surface area (TPSA) is 3.88 Å². The van der Waals surface area contributed by atoms with Gasteiger partial charge in [-0.2, -0.15) is 0 Å². The minimum atomic E-state index is -1.58. The van der Waals surface area contributed by atoms with E-state index >= 15 is 0 Å². The summed E-state index contributed by atoms with van der Waals surface area (Å²) in [5.41, 5.74) is 6.41. The third-order valence-corrected chi connectivity index (χ3v) is 12.8. The van der Waals surface area contributed by atoms with Gasteiger partial charge in [-0.05, 0) is 46.2 Å². The van der Waals surface area contributed by atoms with Crippen molar-refractivity contribution < 1.29 is 4.57 Å². The predicted octanol–water partition coefficient (Wildman–Crippen LogP) is 7.02. The van der Waals surface area contributed by atoms with Crippen LogP contribution in [0.3, 0.4) is 0 Å². The van der Waals surface area contributed by atoms with Crippen LogP contribution in [0.15, 0.2) is 79.0 Å². The van der Waals surface area contributed by atoms with Crippen LogP contribution in [0.1, 0.15) is 26.3 Å². The first kappa shape index (κ1) is 21.5. The molecule has 0 saturated heterocycles. The van der Waals surface area contributed by atoms with Crippen LogP contribution in [0.5, 0.6) is 0 Å². The number of nitrogens with zero attached hydrogens (tertiary/aromatic N) is 1. The third kappa shape index (κ3) is 3.85. The molecule has 31 heavy (non-hydrogen) atoms. The van der Waals surface area contributed by atoms with E-state index in [-0.39, 0.29) is 0 Å². The Morgan fingerprint density at radius 2 is 1.48 bits per heavy atom. The summed E-state index contributed by atoms with van der Waals surface area (Å²) >= 11 is 0. The monoisotopic (exact) mass is 424 g/mol. The Morgan fingerprint density at radius 1 is 0.774 bits per heavy atom. The third-order valence-electron chi connectivity index (χ3n) is 7.33. The molecule has 1 aromatic heterocycles. The maximum atomic E-state index is 2.49. The van der Waals surface area contributed by atoms with E-state index in [2.05, 4.69) is 131 Å². The Kier molecular flexibility index (Phi) is 5.39. The van der Waals surface area contributed by atoms with Crippen molar-refractivity contribution in [2.45, 2.75) is 45.8 Å². The first-order chi connectivity index (χ1) is 14.6. The summed E-state index contributed by atoms with van der Waals surface area (Å²) in [6.07, 6.45) is 2.21. The Hall–Kier alpha value is -2.71. The number of aromatic nitrogens is 1. The molecular formula is C29H34NSi+. The fourth-order valence-corrected chi connectivity index (χ4v) is 6.10. The van der Waals surface area contributed by atoms with Crippen molar-refractivity contribution in [1.82, 2.24) is 0 Å². The van der Waals surface area contributed by atoms with Gasteiger partial charge < -0.3 is 0 Å². The summed E-state index contributed by atoms with van der Waals surface area (Å²) in [5.74, 6) is 0. The van der Waals surface area contributed by atoms with E-state index in [9.17, 15) is 0 Å². The number of aryl methyl sites for hydroxylation is 2. The van der Waals surface area contributed by atoms with Crippen LogP contribution in [-0.2, 0) is 7.05 Å². The van der Waals surface area contributed by atoms with Crippen molar-refractivity contribution in [1.29, 1.82) is 0 Å². The van der Waals surface area contributed by atoms with Crippen molar-refractivity contribution in [2.24, 2.45) is 7.05 Å². The molecule has 0 radical (unpaired) electrons. The fraction of sp³-hybridized carbons (Fsp3) is 0.276. The molecule has 3 aromatic carbocycles. The van der Waals surface area contributed by atoms with Gasteiger partial charge in [0.05, 0.1) is 19.0 Å². The molecule has 0 fully saturated rings. The largest absolute Gasteiger partial charge is 0.220 e. The molecule has 4 rings (SSSR count). The Balaban J connectivity index is 1.92. The number of hydrogen-bond acceptors (Lipinski definition) is 0. The minimum Gasteiger partial charge on any atom is -0.200 e. The van der Waals surface area contributed by atoms with E-state index in [0.29, 0.717) is 5.04 Å². The molecule has 0 amide bonds. The van der Waals surface area contributed by atoms with Crippen molar-refractivity contribution in [3.8, 4) is 22.4 Å². The van der Waals surface area contributed by atoms with E-state index < -0.39 is 8.07 Å². The Bertz CT molecular complexity index is 1250. The molecule has 0 spiro atoms. The lowest BCUT2D eigenvalue weighted by Gasteiger charge is -2.37. The van der Waals surface area contributed by atoms with E-state index in [4.69, 9.17) is 0 Å². The molecule has 0 unspecified atom stereocenters. The molecule has 0 aliphatic carbocycles. The highest BCUT2D eigenvalue weighted by molar-refractivity contribution is 6.92. The fourth-order valence-electron chi connectivity index (χ4n) is 4.22. The van der Waals surface area contributed by atoms with Crippen molar-refractivity contribution in [2.75, 3.05) is 0 Å². The molecule has 0 N–H and O–H groups in total. The van der Waals surface area contributed by atoms with E-state index in [1.54, 1.807) is 0 Å². The van der Waals surface area contributed by atoms with E-state index in [0.717, 1.165) is 0 Å². The SMILES string of the molecule is Cc1ccc(-c2ccccc2)cc1-c1c2ccc([Si](C)(C)C(C)(C)C)cc2cc[n+]1C. The smallest absolute Gasteiger partial charge is 0.200 e. The molecule has 0 aliphatic rings. The predicted molar refractivity (Wildman–Crippen MR) is 138 cm³/mol. The molecule has 158 valence electrons. The number of hydrogen-bond donors (Lipinski definition) is 0. The van der Waals surface area contributed by atoms with Crippen LogP contribution in [0.4, 0.5) is 0 Å². The molecule has 0 saturated carbocycles. The number of rotatable bonds is 3. The van der Waals surface area contributed by atoms with Crippen molar-refractivity contribution in [3.05, 3.63) is 84.6 Å². The molecule has 1 nitrogen and oxygen atoms in total. The summed E-state index contributed by atoms with van der Waals surface area (Å²) in [6.45, 7) is 14.4. The second-order valence-corrected chi connectivity index (χ2v) is 15.7. The highest BCUT2D eigenvalue weighted by Gasteiger charge is 2.37. The second-order valence-electron chi connectivity index (χ2n) is 10.3. The number of fused-ring (bicyclic) bond motifs is 1. The molecular weight excluding hydrogens is 390 g/mol. The van der Waals surface area contributed by atoms with Gasteiger partial charge in [-0.1, -0.05) is 93.6 Å². The maximum Gasteiger partial charge on any atom is 0.220 e. The van der Waals surface area contributed by atoms with E-state index in [1.165, 1.54) is 43.9 Å². The second kappa shape index (κ2) is 7.76. The minimum absolute atomic E-state index is 0.323.